The lowest BCUT2D eigenvalue weighted by atomic mass is 10.0. The Morgan fingerprint density at radius 1 is 1.03 bits per heavy atom. The summed E-state index contributed by atoms with van der Waals surface area (Å²) in [7, 11) is -3.77. The van der Waals surface area contributed by atoms with Crippen LogP contribution in [0.4, 0.5) is 5.69 Å². The van der Waals surface area contributed by atoms with Crippen molar-refractivity contribution in [1.29, 1.82) is 0 Å². The normalized spacial score (nSPS) is 15.2. The molecule has 2 N–H and O–H groups in total. The molecule has 1 atom stereocenters. The summed E-state index contributed by atoms with van der Waals surface area (Å²) in [6.45, 7) is 6.67. The summed E-state index contributed by atoms with van der Waals surface area (Å²) < 4.78 is 37.4. The molecule has 194 valence electrons. The summed E-state index contributed by atoms with van der Waals surface area (Å²) in [5.74, 6) is -1.73. The molecule has 10 nitrogen and oxygen atoms in total. The SMILES string of the molecule is CCOC(=O)c1ccc(NC(=O)C(NC(=O)c2cccc(S(=O)(=O)N3CCOCC3)c2)C(C)C)cc1. The van der Waals surface area contributed by atoms with Crippen LogP contribution in [-0.4, -0.2) is 69.5 Å². The fourth-order valence-electron chi connectivity index (χ4n) is 3.62. The molecule has 1 aliphatic heterocycles. The quantitative estimate of drug-likeness (QED) is 0.488. The largest absolute Gasteiger partial charge is 0.462 e. The first kappa shape index (κ1) is 27.3. The maximum atomic E-state index is 13.0. The summed E-state index contributed by atoms with van der Waals surface area (Å²) in [4.78, 5) is 37.7. The highest BCUT2D eigenvalue weighted by atomic mass is 32.2. The van der Waals surface area contributed by atoms with E-state index in [-0.39, 0.29) is 36.1 Å². The minimum Gasteiger partial charge on any atom is -0.462 e. The number of hydrogen-bond donors (Lipinski definition) is 2. The second kappa shape index (κ2) is 12.1. The van der Waals surface area contributed by atoms with Crippen LogP contribution in [0, 0.1) is 5.92 Å². The maximum absolute atomic E-state index is 13.0. The first-order chi connectivity index (χ1) is 17.1. The summed E-state index contributed by atoms with van der Waals surface area (Å²) in [5.41, 5.74) is 0.934. The number of esters is 1. The molecule has 11 heteroatoms. The average Bonchev–Trinajstić information content (AvgIpc) is 2.88. The molecule has 1 saturated heterocycles. The molecule has 1 aliphatic rings. The predicted octanol–water partition coefficient (Wildman–Crippen LogP) is 2.28. The molecule has 2 aromatic carbocycles. The highest BCUT2D eigenvalue weighted by molar-refractivity contribution is 7.89. The Balaban J connectivity index is 1.70. The van der Waals surface area contributed by atoms with E-state index in [9.17, 15) is 22.8 Å². The number of nitrogens with one attached hydrogen (secondary N) is 2. The standard InChI is InChI=1S/C25H31N3O7S/c1-4-35-25(31)18-8-10-20(11-9-18)26-24(30)22(17(2)3)27-23(29)19-6-5-7-21(16-19)36(32,33)28-12-14-34-15-13-28/h5-11,16-17,22H,4,12-15H2,1-3H3,(H,26,30)(H,27,29). The Morgan fingerprint density at radius 2 is 1.69 bits per heavy atom. The number of ether oxygens (including phenoxy) is 2. The van der Waals surface area contributed by atoms with Gasteiger partial charge in [0.05, 0.1) is 30.3 Å². The van der Waals surface area contributed by atoms with Crippen LogP contribution >= 0.6 is 0 Å². The molecule has 0 saturated carbocycles. The van der Waals surface area contributed by atoms with Gasteiger partial charge in [-0.3, -0.25) is 9.59 Å². The smallest absolute Gasteiger partial charge is 0.338 e. The lowest BCUT2D eigenvalue weighted by Gasteiger charge is -2.26. The molecular formula is C25H31N3O7S. The van der Waals surface area contributed by atoms with Crippen molar-refractivity contribution in [2.24, 2.45) is 5.92 Å². The molecule has 2 aromatic rings. The first-order valence-corrected chi connectivity index (χ1v) is 13.1. The van der Waals surface area contributed by atoms with E-state index in [0.717, 1.165) is 0 Å². The molecule has 0 aliphatic carbocycles. The molecule has 1 heterocycles. The van der Waals surface area contributed by atoms with Gasteiger partial charge in [0, 0.05) is 24.3 Å². The van der Waals surface area contributed by atoms with E-state index in [2.05, 4.69) is 10.6 Å². The molecule has 0 spiro atoms. The number of sulfonamides is 1. The zero-order chi connectivity index (χ0) is 26.3. The number of morpholine rings is 1. The second-order valence-electron chi connectivity index (χ2n) is 8.53. The number of hydrogen-bond acceptors (Lipinski definition) is 7. The summed E-state index contributed by atoms with van der Waals surface area (Å²) in [6, 6.07) is 11.1. The van der Waals surface area contributed by atoms with Gasteiger partial charge in [0.25, 0.3) is 5.91 Å². The molecule has 1 fully saturated rings. The lowest BCUT2D eigenvalue weighted by molar-refractivity contribution is -0.118. The van der Waals surface area contributed by atoms with Crippen molar-refractivity contribution in [3.8, 4) is 0 Å². The Kier molecular flexibility index (Phi) is 9.19. The van der Waals surface area contributed by atoms with E-state index < -0.39 is 33.8 Å². The Morgan fingerprint density at radius 3 is 2.31 bits per heavy atom. The highest BCUT2D eigenvalue weighted by Gasteiger charge is 2.28. The number of amides is 2. The molecule has 2 amide bonds. The molecular weight excluding hydrogens is 486 g/mol. The van der Waals surface area contributed by atoms with Gasteiger partial charge in [-0.05, 0) is 55.3 Å². The van der Waals surface area contributed by atoms with E-state index in [4.69, 9.17) is 9.47 Å². The Hall–Kier alpha value is -3.28. The molecule has 0 bridgehead atoms. The third kappa shape index (κ3) is 6.68. The average molecular weight is 518 g/mol. The van der Waals surface area contributed by atoms with E-state index >= 15 is 0 Å². The van der Waals surface area contributed by atoms with Crippen molar-refractivity contribution in [2.75, 3.05) is 38.2 Å². The van der Waals surface area contributed by atoms with Crippen LogP contribution in [0.5, 0.6) is 0 Å². The third-order valence-corrected chi connectivity index (χ3v) is 7.50. The number of rotatable bonds is 9. The van der Waals surface area contributed by atoms with Crippen LogP contribution in [0.2, 0.25) is 0 Å². The second-order valence-corrected chi connectivity index (χ2v) is 10.5. The monoisotopic (exact) mass is 517 g/mol. The topological polar surface area (TPSA) is 131 Å². The fraction of sp³-hybridized carbons (Fsp3) is 0.400. The van der Waals surface area contributed by atoms with Crippen molar-refractivity contribution in [1.82, 2.24) is 9.62 Å². The molecule has 0 aromatic heterocycles. The van der Waals surface area contributed by atoms with E-state index in [1.807, 2.05) is 0 Å². The van der Waals surface area contributed by atoms with E-state index in [1.165, 1.54) is 40.7 Å². The number of anilines is 1. The van der Waals surface area contributed by atoms with Gasteiger partial charge in [0.1, 0.15) is 6.04 Å². The highest BCUT2D eigenvalue weighted by Crippen LogP contribution is 2.19. The predicted molar refractivity (Wildman–Crippen MR) is 133 cm³/mol. The lowest BCUT2D eigenvalue weighted by Crippen LogP contribution is -2.47. The molecule has 1 unspecified atom stereocenters. The Labute approximate surface area is 211 Å². The summed E-state index contributed by atoms with van der Waals surface area (Å²) >= 11 is 0. The summed E-state index contributed by atoms with van der Waals surface area (Å²) in [5, 5.41) is 5.44. The van der Waals surface area contributed by atoms with Crippen molar-refractivity contribution in [2.45, 2.75) is 31.7 Å². The van der Waals surface area contributed by atoms with Gasteiger partial charge >= 0.3 is 5.97 Å². The minimum atomic E-state index is -3.77. The van der Waals surface area contributed by atoms with E-state index in [1.54, 1.807) is 32.9 Å². The van der Waals surface area contributed by atoms with Crippen molar-refractivity contribution >= 4 is 33.5 Å². The minimum absolute atomic E-state index is 0.00397. The van der Waals surface area contributed by atoms with Crippen LogP contribution in [0.25, 0.3) is 0 Å². The van der Waals surface area contributed by atoms with Crippen LogP contribution in [0.15, 0.2) is 53.4 Å². The van der Waals surface area contributed by atoms with Gasteiger partial charge in [0.15, 0.2) is 0 Å². The maximum Gasteiger partial charge on any atom is 0.338 e. The molecule has 36 heavy (non-hydrogen) atoms. The van der Waals surface area contributed by atoms with Gasteiger partial charge in [-0.25, -0.2) is 13.2 Å². The van der Waals surface area contributed by atoms with Gasteiger partial charge in [-0.2, -0.15) is 4.31 Å². The van der Waals surface area contributed by atoms with Crippen molar-refractivity contribution in [3.63, 3.8) is 0 Å². The summed E-state index contributed by atoms with van der Waals surface area (Å²) in [6.07, 6.45) is 0. The molecule has 0 radical (unpaired) electrons. The van der Waals surface area contributed by atoms with Gasteiger partial charge in [0.2, 0.25) is 15.9 Å². The van der Waals surface area contributed by atoms with Crippen molar-refractivity contribution < 1.29 is 32.3 Å². The van der Waals surface area contributed by atoms with E-state index in [0.29, 0.717) is 24.5 Å². The van der Waals surface area contributed by atoms with Gasteiger partial charge in [-0.1, -0.05) is 19.9 Å². The fourth-order valence-corrected chi connectivity index (χ4v) is 5.07. The molecule has 3 rings (SSSR count). The number of carbonyl (C=O) groups excluding carboxylic acids is 3. The van der Waals surface area contributed by atoms with Gasteiger partial charge < -0.3 is 20.1 Å². The van der Waals surface area contributed by atoms with Crippen molar-refractivity contribution in [3.05, 3.63) is 59.7 Å². The van der Waals surface area contributed by atoms with Crippen LogP contribution in [0.3, 0.4) is 0 Å². The number of benzene rings is 2. The van der Waals surface area contributed by atoms with Crippen LogP contribution in [-0.2, 0) is 24.3 Å². The third-order valence-electron chi connectivity index (χ3n) is 5.60. The van der Waals surface area contributed by atoms with Crippen LogP contribution < -0.4 is 10.6 Å². The number of carbonyl (C=O) groups is 3. The zero-order valence-electron chi connectivity index (χ0n) is 20.5. The van der Waals surface area contributed by atoms with Gasteiger partial charge in [-0.15, -0.1) is 0 Å². The Bertz CT molecular complexity index is 1190. The first-order valence-electron chi connectivity index (χ1n) is 11.7. The zero-order valence-corrected chi connectivity index (χ0v) is 21.3. The number of nitrogens with zero attached hydrogens (tertiary/aromatic N) is 1. The van der Waals surface area contributed by atoms with Crippen LogP contribution in [0.1, 0.15) is 41.5 Å².